The summed E-state index contributed by atoms with van der Waals surface area (Å²) in [4.78, 5) is 24.7. The summed E-state index contributed by atoms with van der Waals surface area (Å²) in [5.41, 5.74) is 1.02. The molecular weight excluding hydrogens is 326 g/mol. The number of rotatable bonds is 4. The summed E-state index contributed by atoms with van der Waals surface area (Å²) < 4.78 is 5.37. The van der Waals surface area contributed by atoms with Gasteiger partial charge in [0.2, 0.25) is 0 Å². The molecule has 0 saturated heterocycles. The van der Waals surface area contributed by atoms with Gasteiger partial charge in [0.25, 0.3) is 5.91 Å². The molecule has 0 aliphatic heterocycles. The van der Waals surface area contributed by atoms with Crippen molar-refractivity contribution >= 4 is 27.6 Å². The van der Waals surface area contributed by atoms with Gasteiger partial charge >= 0.3 is 5.63 Å². The molecule has 26 heavy (non-hydrogen) atoms. The molecule has 1 amide bonds. The molecule has 0 fully saturated rings. The molecule has 3 aromatic carbocycles. The minimum atomic E-state index is -0.620. The van der Waals surface area contributed by atoms with E-state index in [4.69, 9.17) is 4.42 Å². The monoisotopic (exact) mass is 343 g/mol. The van der Waals surface area contributed by atoms with Crippen LogP contribution in [0.1, 0.15) is 15.9 Å². The molecule has 0 bridgehead atoms. The summed E-state index contributed by atoms with van der Waals surface area (Å²) in [5.74, 6) is -0.412. The zero-order valence-electron chi connectivity index (χ0n) is 14.1. The van der Waals surface area contributed by atoms with Crippen LogP contribution in [0.5, 0.6) is 0 Å². The van der Waals surface area contributed by atoms with Gasteiger partial charge in [0.05, 0.1) is 0 Å². The van der Waals surface area contributed by atoms with Gasteiger partial charge < -0.3 is 9.73 Å². The maximum Gasteiger partial charge on any atom is 0.349 e. The van der Waals surface area contributed by atoms with E-state index in [1.54, 1.807) is 12.1 Å². The van der Waals surface area contributed by atoms with Crippen molar-refractivity contribution in [3.05, 3.63) is 94.3 Å². The summed E-state index contributed by atoms with van der Waals surface area (Å²) in [6.45, 7) is 0.454. The lowest BCUT2D eigenvalue weighted by Crippen LogP contribution is -2.29. The van der Waals surface area contributed by atoms with Gasteiger partial charge in [-0.2, -0.15) is 0 Å². The molecule has 0 saturated carbocycles. The fraction of sp³-hybridized carbons (Fsp3) is 0.0909. The molecule has 1 N–H and O–H groups in total. The zero-order chi connectivity index (χ0) is 17.9. The average Bonchev–Trinajstić information content (AvgIpc) is 2.68. The topological polar surface area (TPSA) is 59.3 Å². The number of amides is 1. The number of benzene rings is 3. The third-order valence-corrected chi connectivity index (χ3v) is 4.43. The Bertz CT molecular complexity index is 1150. The highest BCUT2D eigenvalue weighted by Gasteiger charge is 2.14. The van der Waals surface area contributed by atoms with Crippen molar-refractivity contribution in [1.82, 2.24) is 5.32 Å². The summed E-state index contributed by atoms with van der Waals surface area (Å²) in [6, 6.07) is 23.0. The molecule has 0 atom stereocenters. The van der Waals surface area contributed by atoms with Gasteiger partial charge in [0.15, 0.2) is 0 Å². The van der Waals surface area contributed by atoms with Crippen molar-refractivity contribution in [3.63, 3.8) is 0 Å². The maximum absolute atomic E-state index is 12.5. The molecule has 4 rings (SSSR count). The molecule has 0 radical (unpaired) electrons. The summed E-state index contributed by atoms with van der Waals surface area (Å²) >= 11 is 0. The first-order valence-corrected chi connectivity index (χ1v) is 8.50. The minimum absolute atomic E-state index is 0.0296. The lowest BCUT2D eigenvalue weighted by Gasteiger charge is -2.07. The highest BCUT2D eigenvalue weighted by molar-refractivity contribution is 6.07. The summed E-state index contributed by atoms with van der Waals surface area (Å²) in [5, 5.41) is 5.54. The fourth-order valence-corrected chi connectivity index (χ4v) is 3.09. The van der Waals surface area contributed by atoms with E-state index in [2.05, 4.69) is 5.32 Å². The van der Waals surface area contributed by atoms with Gasteiger partial charge in [-0.25, -0.2) is 4.79 Å². The van der Waals surface area contributed by atoms with E-state index in [9.17, 15) is 9.59 Å². The SMILES string of the molecule is O=C(NCCc1ccccc1)c1cc2c(ccc3ccccc32)oc1=O. The molecule has 0 spiro atoms. The van der Waals surface area contributed by atoms with Crippen molar-refractivity contribution in [2.75, 3.05) is 6.54 Å². The van der Waals surface area contributed by atoms with Crippen LogP contribution in [0.25, 0.3) is 21.7 Å². The van der Waals surface area contributed by atoms with Crippen LogP contribution in [0.2, 0.25) is 0 Å². The second-order valence-electron chi connectivity index (χ2n) is 6.14. The maximum atomic E-state index is 12.5. The molecule has 4 nitrogen and oxygen atoms in total. The lowest BCUT2D eigenvalue weighted by atomic mass is 10.0. The van der Waals surface area contributed by atoms with E-state index in [-0.39, 0.29) is 5.56 Å². The summed E-state index contributed by atoms with van der Waals surface area (Å²) in [7, 11) is 0. The van der Waals surface area contributed by atoms with E-state index < -0.39 is 11.5 Å². The predicted octanol–water partition coefficient (Wildman–Crippen LogP) is 3.92. The van der Waals surface area contributed by atoms with Gasteiger partial charge in [-0.3, -0.25) is 4.79 Å². The number of hydrogen-bond acceptors (Lipinski definition) is 3. The molecule has 1 heterocycles. The van der Waals surface area contributed by atoms with Crippen LogP contribution in [0.15, 0.2) is 82.0 Å². The van der Waals surface area contributed by atoms with Crippen LogP contribution in [0.3, 0.4) is 0 Å². The molecular formula is C22H17NO3. The Morgan fingerprint density at radius 1 is 0.885 bits per heavy atom. The Hall–Kier alpha value is -3.40. The van der Waals surface area contributed by atoms with Gasteiger partial charge in [-0.05, 0) is 34.9 Å². The van der Waals surface area contributed by atoms with Gasteiger partial charge in [0, 0.05) is 11.9 Å². The smallest absolute Gasteiger partial charge is 0.349 e. The molecule has 1 aromatic heterocycles. The molecule has 0 aliphatic carbocycles. The molecule has 4 aromatic rings. The molecule has 128 valence electrons. The zero-order valence-corrected chi connectivity index (χ0v) is 14.1. The van der Waals surface area contributed by atoms with Crippen LogP contribution in [-0.4, -0.2) is 12.5 Å². The molecule has 4 heteroatoms. The van der Waals surface area contributed by atoms with E-state index in [0.717, 1.165) is 21.7 Å². The Morgan fingerprint density at radius 2 is 1.65 bits per heavy atom. The highest BCUT2D eigenvalue weighted by Crippen LogP contribution is 2.24. The van der Waals surface area contributed by atoms with Gasteiger partial charge in [-0.1, -0.05) is 60.7 Å². The first-order chi connectivity index (χ1) is 12.7. The van der Waals surface area contributed by atoms with Crippen LogP contribution in [0.4, 0.5) is 0 Å². The van der Waals surface area contributed by atoms with Crippen molar-refractivity contribution in [2.24, 2.45) is 0 Å². The van der Waals surface area contributed by atoms with Crippen molar-refractivity contribution in [1.29, 1.82) is 0 Å². The Morgan fingerprint density at radius 3 is 2.50 bits per heavy atom. The predicted molar refractivity (Wildman–Crippen MR) is 102 cm³/mol. The number of hydrogen-bond donors (Lipinski definition) is 1. The Labute approximate surface area is 150 Å². The van der Waals surface area contributed by atoms with Crippen LogP contribution in [-0.2, 0) is 6.42 Å². The number of carbonyl (C=O) groups excluding carboxylic acids is 1. The number of fused-ring (bicyclic) bond motifs is 3. The molecule has 0 unspecified atom stereocenters. The second kappa shape index (κ2) is 6.84. The van der Waals surface area contributed by atoms with Crippen molar-refractivity contribution < 1.29 is 9.21 Å². The van der Waals surface area contributed by atoms with Gasteiger partial charge in [0.1, 0.15) is 11.1 Å². The highest BCUT2D eigenvalue weighted by atomic mass is 16.4. The van der Waals surface area contributed by atoms with Crippen LogP contribution in [0, 0.1) is 0 Å². The van der Waals surface area contributed by atoms with Crippen LogP contribution < -0.4 is 10.9 Å². The average molecular weight is 343 g/mol. The van der Waals surface area contributed by atoms with Gasteiger partial charge in [-0.15, -0.1) is 0 Å². The Balaban J connectivity index is 1.63. The summed E-state index contributed by atoms with van der Waals surface area (Å²) in [6.07, 6.45) is 0.703. The Kier molecular flexibility index (Phi) is 4.23. The first-order valence-electron chi connectivity index (χ1n) is 8.50. The van der Waals surface area contributed by atoms with E-state index in [1.165, 1.54) is 0 Å². The first kappa shape index (κ1) is 16.1. The normalized spacial score (nSPS) is 10.9. The third kappa shape index (κ3) is 3.09. The number of nitrogens with one attached hydrogen (secondary N) is 1. The van der Waals surface area contributed by atoms with E-state index in [0.29, 0.717) is 18.5 Å². The van der Waals surface area contributed by atoms with Crippen molar-refractivity contribution in [3.8, 4) is 0 Å². The largest absolute Gasteiger partial charge is 0.422 e. The van der Waals surface area contributed by atoms with E-state index in [1.807, 2.05) is 60.7 Å². The van der Waals surface area contributed by atoms with Crippen LogP contribution >= 0.6 is 0 Å². The quantitative estimate of drug-likeness (QED) is 0.451. The minimum Gasteiger partial charge on any atom is -0.422 e. The van der Waals surface area contributed by atoms with E-state index >= 15 is 0 Å². The standard InChI is InChI=1S/C22H17NO3/c24-21(23-13-12-15-6-2-1-3-7-15)19-14-18-17-9-5-4-8-16(17)10-11-20(18)26-22(19)25/h1-11,14H,12-13H2,(H,23,24). The van der Waals surface area contributed by atoms with Crippen molar-refractivity contribution in [2.45, 2.75) is 6.42 Å². The fourth-order valence-electron chi connectivity index (χ4n) is 3.09. The second-order valence-corrected chi connectivity index (χ2v) is 6.14. The molecule has 0 aliphatic rings. The lowest BCUT2D eigenvalue weighted by molar-refractivity contribution is 0.0950. The third-order valence-electron chi connectivity index (χ3n) is 4.43. The number of carbonyl (C=O) groups is 1.